The van der Waals surface area contributed by atoms with E-state index >= 15 is 0 Å². The average Bonchev–Trinajstić information content (AvgIpc) is 2.50. The van der Waals surface area contributed by atoms with E-state index in [9.17, 15) is 5.11 Å². The molecule has 4 nitrogen and oxygen atoms in total. The summed E-state index contributed by atoms with van der Waals surface area (Å²) in [5.41, 5.74) is 7.17. The van der Waals surface area contributed by atoms with Crippen molar-refractivity contribution < 1.29 is 5.11 Å². The maximum Gasteiger partial charge on any atom is 0.0637 e. The van der Waals surface area contributed by atoms with Crippen LogP contribution in [0.25, 0.3) is 0 Å². The number of anilines is 1. The highest BCUT2D eigenvalue weighted by Crippen LogP contribution is 2.25. The summed E-state index contributed by atoms with van der Waals surface area (Å²) >= 11 is 0. The van der Waals surface area contributed by atoms with E-state index in [1.54, 1.807) is 6.20 Å². The van der Waals surface area contributed by atoms with Gasteiger partial charge in [-0.05, 0) is 38.3 Å². The van der Waals surface area contributed by atoms with Crippen LogP contribution >= 0.6 is 0 Å². The zero-order valence-electron chi connectivity index (χ0n) is 10.4. The Balaban J connectivity index is 2.11. The first kappa shape index (κ1) is 12.3. The molecule has 2 rings (SSSR count). The van der Waals surface area contributed by atoms with Crippen molar-refractivity contribution in [3.8, 4) is 0 Å². The number of aromatic nitrogens is 1. The fraction of sp³-hybridized carbons (Fsp3) is 0.615. The Kier molecular flexibility index (Phi) is 3.64. The van der Waals surface area contributed by atoms with Gasteiger partial charge >= 0.3 is 0 Å². The second kappa shape index (κ2) is 5.02. The van der Waals surface area contributed by atoms with Gasteiger partial charge in [-0.2, -0.15) is 0 Å². The molecule has 1 atom stereocenters. The molecule has 1 aliphatic rings. The molecule has 1 aromatic heterocycles. The number of aliphatic hydroxyl groups is 1. The van der Waals surface area contributed by atoms with E-state index < -0.39 is 5.60 Å². The van der Waals surface area contributed by atoms with Gasteiger partial charge < -0.3 is 15.7 Å². The summed E-state index contributed by atoms with van der Waals surface area (Å²) in [6, 6.07) is 4.05. The van der Waals surface area contributed by atoms with Gasteiger partial charge in [-0.3, -0.25) is 4.98 Å². The second-order valence-electron chi connectivity index (χ2n) is 5.05. The Morgan fingerprint density at radius 2 is 2.29 bits per heavy atom. The number of rotatable bonds is 2. The van der Waals surface area contributed by atoms with E-state index in [0.717, 1.165) is 43.7 Å². The Morgan fingerprint density at radius 1 is 1.47 bits per heavy atom. The predicted octanol–water partition coefficient (Wildman–Crippen LogP) is 1.28. The minimum Gasteiger partial charge on any atom is -0.390 e. The van der Waals surface area contributed by atoms with Crippen molar-refractivity contribution in [1.82, 2.24) is 4.98 Å². The zero-order chi connectivity index (χ0) is 12.3. The van der Waals surface area contributed by atoms with Crippen LogP contribution in [0.4, 0.5) is 5.69 Å². The maximum absolute atomic E-state index is 10.1. The first-order valence-corrected chi connectivity index (χ1v) is 6.23. The molecule has 94 valence electrons. The molecule has 1 saturated heterocycles. The first-order valence-electron chi connectivity index (χ1n) is 6.23. The molecule has 1 fully saturated rings. The van der Waals surface area contributed by atoms with E-state index in [0.29, 0.717) is 6.54 Å². The molecule has 0 aromatic carbocycles. The van der Waals surface area contributed by atoms with E-state index in [-0.39, 0.29) is 0 Å². The number of pyridine rings is 1. The van der Waals surface area contributed by atoms with Crippen molar-refractivity contribution in [2.75, 3.05) is 18.0 Å². The molecule has 1 unspecified atom stereocenters. The summed E-state index contributed by atoms with van der Waals surface area (Å²) in [5, 5.41) is 10.1. The van der Waals surface area contributed by atoms with E-state index in [2.05, 4.69) is 9.88 Å². The highest BCUT2D eigenvalue weighted by atomic mass is 16.3. The Labute approximate surface area is 102 Å². The number of nitrogens with zero attached hydrogens (tertiary/aromatic N) is 2. The summed E-state index contributed by atoms with van der Waals surface area (Å²) < 4.78 is 0. The fourth-order valence-electron chi connectivity index (χ4n) is 2.30. The molecular formula is C13H21N3O. The predicted molar refractivity (Wildman–Crippen MR) is 68.8 cm³/mol. The van der Waals surface area contributed by atoms with Gasteiger partial charge in [-0.1, -0.05) is 0 Å². The lowest BCUT2D eigenvalue weighted by molar-refractivity contribution is 0.0481. The molecule has 1 aromatic rings. The smallest absolute Gasteiger partial charge is 0.0637 e. The summed E-state index contributed by atoms with van der Waals surface area (Å²) in [7, 11) is 0. The van der Waals surface area contributed by atoms with Crippen LogP contribution in [-0.2, 0) is 6.54 Å². The number of hydrogen-bond acceptors (Lipinski definition) is 4. The summed E-state index contributed by atoms with van der Waals surface area (Å²) in [6.45, 7) is 4.28. The monoisotopic (exact) mass is 235 g/mol. The van der Waals surface area contributed by atoms with E-state index in [1.807, 2.05) is 19.1 Å². The van der Waals surface area contributed by atoms with E-state index in [4.69, 9.17) is 5.73 Å². The van der Waals surface area contributed by atoms with Crippen LogP contribution in [0.5, 0.6) is 0 Å². The highest BCUT2D eigenvalue weighted by Gasteiger charge is 2.25. The summed E-state index contributed by atoms with van der Waals surface area (Å²) in [5.74, 6) is 0. The first-order chi connectivity index (χ1) is 8.11. The van der Waals surface area contributed by atoms with E-state index in [1.165, 1.54) is 0 Å². The number of nitrogens with two attached hydrogens (primary N) is 1. The van der Waals surface area contributed by atoms with Crippen molar-refractivity contribution in [3.63, 3.8) is 0 Å². The van der Waals surface area contributed by atoms with Crippen LogP contribution in [0.15, 0.2) is 18.3 Å². The Bertz CT molecular complexity index is 379. The SMILES string of the molecule is CC1(O)CCCN(c2ccnc(CN)c2)CC1. The van der Waals surface area contributed by atoms with Gasteiger partial charge in [0, 0.05) is 31.5 Å². The lowest BCUT2D eigenvalue weighted by Crippen LogP contribution is -2.28. The van der Waals surface area contributed by atoms with Gasteiger partial charge in [0.1, 0.15) is 0 Å². The maximum atomic E-state index is 10.1. The summed E-state index contributed by atoms with van der Waals surface area (Å²) in [6.07, 6.45) is 4.51. The Morgan fingerprint density at radius 3 is 3.06 bits per heavy atom. The Hall–Kier alpha value is -1.13. The van der Waals surface area contributed by atoms with Crippen molar-refractivity contribution in [2.24, 2.45) is 5.73 Å². The molecule has 0 saturated carbocycles. The van der Waals surface area contributed by atoms with Crippen LogP contribution in [0.3, 0.4) is 0 Å². The van der Waals surface area contributed by atoms with Gasteiger partial charge in [0.2, 0.25) is 0 Å². The lowest BCUT2D eigenvalue weighted by Gasteiger charge is -2.24. The fourth-order valence-corrected chi connectivity index (χ4v) is 2.30. The molecule has 0 amide bonds. The highest BCUT2D eigenvalue weighted by molar-refractivity contribution is 5.46. The van der Waals surface area contributed by atoms with Crippen molar-refractivity contribution in [2.45, 2.75) is 38.3 Å². The van der Waals surface area contributed by atoms with Gasteiger partial charge in [-0.15, -0.1) is 0 Å². The minimum atomic E-state index is -0.515. The molecule has 4 heteroatoms. The normalized spacial score (nSPS) is 25.7. The van der Waals surface area contributed by atoms with Gasteiger partial charge in [0.15, 0.2) is 0 Å². The molecular weight excluding hydrogens is 214 g/mol. The molecule has 0 aliphatic carbocycles. The molecule has 0 spiro atoms. The van der Waals surface area contributed by atoms with Crippen LogP contribution in [-0.4, -0.2) is 28.8 Å². The molecule has 0 radical (unpaired) electrons. The molecule has 0 bridgehead atoms. The number of hydrogen-bond donors (Lipinski definition) is 2. The molecule has 2 heterocycles. The molecule has 3 N–H and O–H groups in total. The second-order valence-corrected chi connectivity index (χ2v) is 5.05. The van der Waals surface area contributed by atoms with Crippen LogP contribution in [0.1, 0.15) is 31.9 Å². The third-order valence-corrected chi connectivity index (χ3v) is 3.44. The van der Waals surface area contributed by atoms with Gasteiger partial charge in [0.05, 0.1) is 11.3 Å². The topological polar surface area (TPSA) is 62.4 Å². The van der Waals surface area contributed by atoms with Crippen molar-refractivity contribution >= 4 is 5.69 Å². The van der Waals surface area contributed by atoms with Crippen molar-refractivity contribution in [3.05, 3.63) is 24.0 Å². The van der Waals surface area contributed by atoms with Crippen molar-refractivity contribution in [1.29, 1.82) is 0 Å². The molecule has 1 aliphatic heterocycles. The summed E-state index contributed by atoms with van der Waals surface area (Å²) in [4.78, 5) is 6.51. The van der Waals surface area contributed by atoms with Crippen LogP contribution < -0.4 is 10.6 Å². The quantitative estimate of drug-likeness (QED) is 0.810. The standard InChI is InChI=1S/C13H21N3O/c1-13(17)4-2-7-16(8-5-13)12-3-6-15-11(9-12)10-14/h3,6,9,17H,2,4-5,7-8,10,14H2,1H3. The third kappa shape index (κ3) is 3.17. The van der Waals surface area contributed by atoms with Crippen LogP contribution in [0, 0.1) is 0 Å². The van der Waals surface area contributed by atoms with Gasteiger partial charge in [0.25, 0.3) is 0 Å². The largest absolute Gasteiger partial charge is 0.390 e. The third-order valence-electron chi connectivity index (χ3n) is 3.44. The lowest BCUT2D eigenvalue weighted by atomic mass is 9.98. The zero-order valence-corrected chi connectivity index (χ0v) is 10.4. The minimum absolute atomic E-state index is 0.472. The molecule has 17 heavy (non-hydrogen) atoms. The van der Waals surface area contributed by atoms with Gasteiger partial charge in [-0.25, -0.2) is 0 Å². The van der Waals surface area contributed by atoms with Crippen LogP contribution in [0.2, 0.25) is 0 Å². The average molecular weight is 235 g/mol.